The number of anilines is 1. The van der Waals surface area contributed by atoms with Crippen LogP contribution in [0, 0.1) is 5.92 Å². The zero-order valence-electron chi connectivity index (χ0n) is 14.6. The molecule has 1 fully saturated rings. The molecule has 9 heteroatoms. The fraction of sp³-hybridized carbons (Fsp3) is 0.389. The Bertz CT molecular complexity index is 889. The van der Waals surface area contributed by atoms with Gasteiger partial charge >= 0.3 is 12.1 Å². The van der Waals surface area contributed by atoms with Crippen LogP contribution in [-0.4, -0.2) is 26.8 Å². The number of rotatable bonds is 5. The highest BCUT2D eigenvalue weighted by molar-refractivity contribution is 5.95. The lowest BCUT2D eigenvalue weighted by Gasteiger charge is -2.19. The molecule has 27 heavy (non-hydrogen) atoms. The van der Waals surface area contributed by atoms with E-state index in [1.807, 2.05) is 0 Å². The minimum Gasteiger partial charge on any atom is -0.479 e. The van der Waals surface area contributed by atoms with Gasteiger partial charge in [-0.3, -0.25) is 9.48 Å². The van der Waals surface area contributed by atoms with Gasteiger partial charge in [0.1, 0.15) is 0 Å². The van der Waals surface area contributed by atoms with Crippen LogP contribution < -0.4 is 5.32 Å². The zero-order chi connectivity index (χ0) is 20.0. The van der Waals surface area contributed by atoms with E-state index in [9.17, 15) is 27.9 Å². The van der Waals surface area contributed by atoms with E-state index in [0.717, 1.165) is 6.07 Å². The van der Waals surface area contributed by atoms with Crippen LogP contribution in [0.3, 0.4) is 0 Å². The molecule has 1 aliphatic rings. The van der Waals surface area contributed by atoms with Gasteiger partial charge < -0.3 is 10.4 Å². The van der Waals surface area contributed by atoms with Gasteiger partial charge in [-0.05, 0) is 37.8 Å². The molecule has 0 bridgehead atoms. The van der Waals surface area contributed by atoms with Gasteiger partial charge in [0.25, 0.3) is 0 Å². The topological polar surface area (TPSA) is 84.2 Å². The van der Waals surface area contributed by atoms with Crippen molar-refractivity contribution in [3.8, 4) is 0 Å². The van der Waals surface area contributed by atoms with Crippen LogP contribution >= 0.6 is 0 Å². The first-order valence-electron chi connectivity index (χ1n) is 8.27. The summed E-state index contributed by atoms with van der Waals surface area (Å²) in [7, 11) is 0. The lowest BCUT2D eigenvalue weighted by Crippen LogP contribution is -2.35. The Morgan fingerprint density at radius 2 is 1.93 bits per heavy atom. The van der Waals surface area contributed by atoms with Gasteiger partial charge in [-0.25, -0.2) is 4.79 Å². The first kappa shape index (κ1) is 18.9. The van der Waals surface area contributed by atoms with Gasteiger partial charge in [0.2, 0.25) is 5.91 Å². The molecule has 0 aliphatic heterocycles. The summed E-state index contributed by atoms with van der Waals surface area (Å²) in [4.78, 5) is 23.6. The van der Waals surface area contributed by atoms with Gasteiger partial charge in [0.15, 0.2) is 5.54 Å². The molecule has 1 aromatic carbocycles. The Kier molecular flexibility index (Phi) is 4.49. The average molecular weight is 381 g/mol. The van der Waals surface area contributed by atoms with Gasteiger partial charge in [0.05, 0.1) is 17.4 Å². The normalized spacial score (nSPS) is 19.6. The maximum atomic E-state index is 13.1. The van der Waals surface area contributed by atoms with Crippen molar-refractivity contribution in [3.63, 3.8) is 0 Å². The quantitative estimate of drug-likeness (QED) is 0.831. The van der Waals surface area contributed by atoms with Crippen LogP contribution in [0.1, 0.15) is 37.3 Å². The van der Waals surface area contributed by atoms with Crippen LogP contribution in [0.15, 0.2) is 36.7 Å². The monoisotopic (exact) mass is 381 g/mol. The lowest BCUT2D eigenvalue weighted by atomic mass is 10.0. The van der Waals surface area contributed by atoms with Crippen molar-refractivity contribution in [2.45, 2.75) is 37.9 Å². The summed E-state index contributed by atoms with van der Waals surface area (Å²) in [5, 5.41) is 15.7. The molecule has 2 unspecified atom stereocenters. The number of benzene rings is 1. The summed E-state index contributed by atoms with van der Waals surface area (Å²) in [5.41, 5.74) is -1.60. The van der Waals surface area contributed by atoms with Gasteiger partial charge in [-0.2, -0.15) is 18.3 Å². The molecule has 0 radical (unpaired) electrons. The maximum Gasteiger partial charge on any atom is 0.416 e. The minimum absolute atomic E-state index is 0.118. The maximum absolute atomic E-state index is 13.1. The Hall–Kier alpha value is -2.84. The second-order valence-corrected chi connectivity index (χ2v) is 7.06. The van der Waals surface area contributed by atoms with Gasteiger partial charge in [-0.15, -0.1) is 0 Å². The number of hydrogen-bond donors (Lipinski definition) is 2. The summed E-state index contributed by atoms with van der Waals surface area (Å²) in [6.07, 6.45) is -1.45. The standard InChI is InChI=1S/C18H18F3N3O3/c1-17(2,16(26)27)24-9-10(8-22-24)23-15(25)13-7-12(13)11-5-3-4-6-14(11)18(19,20)21/h3-6,8-9,12-13H,7H2,1-2H3,(H,23,25)(H,26,27). The molecule has 2 N–H and O–H groups in total. The van der Waals surface area contributed by atoms with Crippen LogP contribution in [0.25, 0.3) is 0 Å². The van der Waals surface area contributed by atoms with E-state index < -0.39 is 41.0 Å². The first-order valence-corrected chi connectivity index (χ1v) is 8.27. The van der Waals surface area contributed by atoms with Crippen LogP contribution in [0.5, 0.6) is 0 Å². The van der Waals surface area contributed by atoms with Crippen molar-refractivity contribution >= 4 is 17.6 Å². The molecule has 3 rings (SSSR count). The number of nitrogens with one attached hydrogen (secondary N) is 1. The van der Waals surface area contributed by atoms with E-state index >= 15 is 0 Å². The highest BCUT2D eigenvalue weighted by Gasteiger charge is 2.48. The third kappa shape index (κ3) is 3.67. The molecule has 2 aromatic rings. The number of amides is 1. The van der Waals surface area contributed by atoms with E-state index in [1.54, 1.807) is 0 Å². The fourth-order valence-corrected chi connectivity index (χ4v) is 2.93. The third-order valence-electron chi connectivity index (χ3n) is 4.74. The number of nitrogens with zero attached hydrogens (tertiary/aromatic N) is 2. The highest BCUT2D eigenvalue weighted by atomic mass is 19.4. The molecule has 1 aliphatic carbocycles. The summed E-state index contributed by atoms with van der Waals surface area (Å²) in [6, 6.07) is 5.26. The van der Waals surface area contributed by atoms with E-state index in [2.05, 4.69) is 10.4 Å². The molecule has 144 valence electrons. The smallest absolute Gasteiger partial charge is 0.416 e. The highest BCUT2D eigenvalue weighted by Crippen LogP contribution is 2.51. The number of carbonyl (C=O) groups is 2. The summed E-state index contributed by atoms with van der Waals surface area (Å²) in [5.74, 6) is -2.56. The SMILES string of the molecule is CC(C)(C(=O)O)n1cc(NC(=O)C2CC2c2ccccc2C(F)(F)F)cn1. The fourth-order valence-electron chi connectivity index (χ4n) is 2.93. The zero-order valence-corrected chi connectivity index (χ0v) is 14.6. The largest absolute Gasteiger partial charge is 0.479 e. The van der Waals surface area contributed by atoms with E-state index in [-0.39, 0.29) is 5.56 Å². The Labute approximate surface area is 153 Å². The van der Waals surface area contributed by atoms with Crippen molar-refractivity contribution < 1.29 is 27.9 Å². The molecule has 1 saturated carbocycles. The Morgan fingerprint density at radius 3 is 2.56 bits per heavy atom. The number of aromatic nitrogens is 2. The number of halogens is 3. The summed E-state index contributed by atoms with van der Waals surface area (Å²) >= 11 is 0. The lowest BCUT2D eigenvalue weighted by molar-refractivity contribution is -0.146. The molecular weight excluding hydrogens is 363 g/mol. The third-order valence-corrected chi connectivity index (χ3v) is 4.74. The molecule has 1 heterocycles. The van der Waals surface area contributed by atoms with Gasteiger partial charge in [0, 0.05) is 12.1 Å². The number of carboxylic acid groups (broad SMARTS) is 1. The van der Waals surface area contributed by atoms with Crippen molar-refractivity contribution in [1.29, 1.82) is 0 Å². The van der Waals surface area contributed by atoms with Crippen molar-refractivity contribution in [3.05, 3.63) is 47.8 Å². The molecule has 0 saturated heterocycles. The number of hydrogen-bond acceptors (Lipinski definition) is 3. The van der Waals surface area contributed by atoms with E-state index in [1.165, 1.54) is 49.1 Å². The van der Waals surface area contributed by atoms with E-state index in [0.29, 0.717) is 12.1 Å². The summed E-state index contributed by atoms with van der Waals surface area (Å²) < 4.78 is 40.6. The first-order chi connectivity index (χ1) is 12.5. The van der Waals surface area contributed by atoms with Gasteiger partial charge in [-0.1, -0.05) is 18.2 Å². The number of carboxylic acids is 1. The second kappa shape index (κ2) is 6.40. The Balaban J connectivity index is 1.71. The average Bonchev–Trinajstić information content (AvgIpc) is 3.25. The molecule has 1 aromatic heterocycles. The van der Waals surface area contributed by atoms with Crippen molar-refractivity contribution in [2.75, 3.05) is 5.32 Å². The van der Waals surface area contributed by atoms with Crippen molar-refractivity contribution in [1.82, 2.24) is 9.78 Å². The van der Waals surface area contributed by atoms with Crippen LogP contribution in [0.4, 0.5) is 18.9 Å². The van der Waals surface area contributed by atoms with Crippen molar-refractivity contribution in [2.24, 2.45) is 5.92 Å². The predicted octanol–water partition coefficient (Wildman–Crippen LogP) is 3.46. The Morgan fingerprint density at radius 1 is 1.26 bits per heavy atom. The number of aliphatic carboxylic acids is 1. The van der Waals surface area contributed by atoms with Crippen LogP contribution in [-0.2, 0) is 21.3 Å². The number of alkyl halides is 3. The predicted molar refractivity (Wildman–Crippen MR) is 90.1 cm³/mol. The molecule has 0 spiro atoms. The molecule has 2 atom stereocenters. The number of carbonyl (C=O) groups excluding carboxylic acids is 1. The molecule has 6 nitrogen and oxygen atoms in total. The minimum atomic E-state index is -4.47. The second-order valence-electron chi connectivity index (χ2n) is 7.06. The van der Waals surface area contributed by atoms with E-state index in [4.69, 9.17) is 0 Å². The van der Waals surface area contributed by atoms with Crippen LogP contribution in [0.2, 0.25) is 0 Å². The molecular formula is C18H18F3N3O3. The molecule has 1 amide bonds. The summed E-state index contributed by atoms with van der Waals surface area (Å²) in [6.45, 7) is 2.91.